The van der Waals surface area contributed by atoms with Gasteiger partial charge in [-0.25, -0.2) is 0 Å². The number of primary amides is 1. The third kappa shape index (κ3) is 4.96. The van der Waals surface area contributed by atoms with Crippen molar-refractivity contribution in [3.63, 3.8) is 0 Å². The van der Waals surface area contributed by atoms with E-state index in [1.807, 2.05) is 0 Å². The van der Waals surface area contributed by atoms with Crippen molar-refractivity contribution < 1.29 is 19.2 Å². The number of para-hydroxylation sites is 1. The number of nitro benzene ring substituents is 1. The fourth-order valence-corrected chi connectivity index (χ4v) is 2.87. The van der Waals surface area contributed by atoms with Gasteiger partial charge in [0.2, 0.25) is 5.91 Å². The fraction of sp³-hybridized carbons (Fsp3) is 0.176. The summed E-state index contributed by atoms with van der Waals surface area (Å²) in [6.07, 6.45) is 0. The highest BCUT2D eigenvalue weighted by molar-refractivity contribution is 8.00. The van der Waals surface area contributed by atoms with Crippen LogP contribution in [0.2, 0.25) is 0 Å². The highest BCUT2D eigenvalue weighted by Crippen LogP contribution is 2.30. The summed E-state index contributed by atoms with van der Waals surface area (Å²) in [5.74, 6) is -0.811. The van der Waals surface area contributed by atoms with Gasteiger partial charge in [0.15, 0.2) is 5.75 Å². The molecule has 2 rings (SSSR count). The summed E-state index contributed by atoms with van der Waals surface area (Å²) >= 11 is 1.19. The zero-order valence-corrected chi connectivity index (χ0v) is 14.7. The van der Waals surface area contributed by atoms with Crippen molar-refractivity contribution in [2.45, 2.75) is 11.8 Å². The largest absolute Gasteiger partial charge is 0.487 e. The third-order valence-corrected chi connectivity index (χ3v) is 4.32. The van der Waals surface area contributed by atoms with Gasteiger partial charge in [0, 0.05) is 16.5 Å². The van der Waals surface area contributed by atoms with Crippen LogP contribution in [-0.2, 0) is 4.79 Å². The van der Waals surface area contributed by atoms with Crippen molar-refractivity contribution in [3.8, 4) is 5.75 Å². The molecule has 26 heavy (non-hydrogen) atoms. The molecule has 0 spiro atoms. The molecule has 0 aliphatic rings. The number of nitrogens with one attached hydrogen (secondary N) is 1. The molecule has 0 fully saturated rings. The van der Waals surface area contributed by atoms with Crippen LogP contribution in [0.5, 0.6) is 5.75 Å². The van der Waals surface area contributed by atoms with E-state index in [0.29, 0.717) is 10.6 Å². The lowest BCUT2D eigenvalue weighted by Crippen LogP contribution is -2.15. The molecule has 8 nitrogen and oxygen atoms in total. The van der Waals surface area contributed by atoms with Crippen molar-refractivity contribution in [2.75, 3.05) is 17.7 Å². The molecule has 0 radical (unpaired) electrons. The summed E-state index contributed by atoms with van der Waals surface area (Å²) in [6.45, 7) is 1.99. The first-order valence-electron chi connectivity index (χ1n) is 7.65. The first kappa shape index (κ1) is 19.3. The molecule has 3 N–H and O–H groups in total. The first-order chi connectivity index (χ1) is 12.4. The predicted molar refractivity (Wildman–Crippen MR) is 98.6 cm³/mol. The predicted octanol–water partition coefficient (Wildman–Crippen LogP) is 2.82. The second-order valence-corrected chi connectivity index (χ2v) is 6.10. The minimum absolute atomic E-state index is 0.0708. The Hall–Kier alpha value is -3.07. The number of hydrogen-bond donors (Lipinski definition) is 2. The Morgan fingerprint density at radius 2 is 2.00 bits per heavy atom. The maximum Gasteiger partial charge on any atom is 0.311 e. The van der Waals surface area contributed by atoms with Crippen LogP contribution in [0.1, 0.15) is 17.3 Å². The molecule has 0 bridgehead atoms. The van der Waals surface area contributed by atoms with Crippen molar-refractivity contribution in [1.29, 1.82) is 0 Å². The number of nitrogens with two attached hydrogens (primary N) is 1. The molecule has 9 heteroatoms. The van der Waals surface area contributed by atoms with E-state index < -0.39 is 16.7 Å². The van der Waals surface area contributed by atoms with E-state index in [1.165, 1.54) is 30.0 Å². The Labute approximate surface area is 153 Å². The van der Waals surface area contributed by atoms with Crippen molar-refractivity contribution >= 4 is 35.0 Å². The van der Waals surface area contributed by atoms with Crippen LogP contribution in [-0.4, -0.2) is 29.1 Å². The minimum Gasteiger partial charge on any atom is -0.487 e. The Balaban J connectivity index is 2.24. The van der Waals surface area contributed by atoms with Gasteiger partial charge in [-0.1, -0.05) is 12.1 Å². The number of nitrogens with zero attached hydrogens (tertiary/aromatic N) is 1. The third-order valence-electron chi connectivity index (χ3n) is 3.22. The van der Waals surface area contributed by atoms with Crippen LogP contribution in [0.4, 0.5) is 11.4 Å². The van der Waals surface area contributed by atoms with Gasteiger partial charge in [-0.2, -0.15) is 0 Å². The topological polar surface area (TPSA) is 125 Å². The Morgan fingerprint density at radius 3 is 2.65 bits per heavy atom. The number of carbonyl (C=O) groups is 2. The molecule has 2 amide bonds. The van der Waals surface area contributed by atoms with E-state index in [4.69, 9.17) is 10.5 Å². The molecule has 0 unspecified atom stereocenters. The van der Waals surface area contributed by atoms with Crippen molar-refractivity contribution in [3.05, 3.63) is 58.1 Å². The molecule has 2 aromatic rings. The van der Waals surface area contributed by atoms with Crippen molar-refractivity contribution in [2.24, 2.45) is 5.73 Å². The highest BCUT2D eigenvalue weighted by Gasteiger charge is 2.19. The number of rotatable bonds is 8. The Bertz CT molecular complexity index is 841. The van der Waals surface area contributed by atoms with E-state index in [1.54, 1.807) is 31.2 Å². The average molecular weight is 375 g/mol. The second-order valence-electron chi connectivity index (χ2n) is 5.08. The summed E-state index contributed by atoms with van der Waals surface area (Å²) < 4.78 is 5.20. The lowest BCUT2D eigenvalue weighted by atomic mass is 10.1. The number of hydrogen-bond acceptors (Lipinski definition) is 6. The summed E-state index contributed by atoms with van der Waals surface area (Å²) in [4.78, 5) is 34.7. The monoisotopic (exact) mass is 375 g/mol. The Morgan fingerprint density at radius 1 is 1.27 bits per heavy atom. The van der Waals surface area contributed by atoms with Gasteiger partial charge >= 0.3 is 5.69 Å². The van der Waals surface area contributed by atoms with Gasteiger partial charge in [0.1, 0.15) is 0 Å². The van der Waals surface area contributed by atoms with Crippen LogP contribution in [0.3, 0.4) is 0 Å². The summed E-state index contributed by atoms with van der Waals surface area (Å²) in [7, 11) is 0. The SMILES string of the molecule is CCOc1ccc(C(=O)Nc2ccccc2SCC(N)=O)cc1[N+](=O)[O-]. The summed E-state index contributed by atoms with van der Waals surface area (Å²) in [5, 5.41) is 13.9. The maximum absolute atomic E-state index is 12.5. The van der Waals surface area contributed by atoms with E-state index >= 15 is 0 Å². The number of amides is 2. The molecule has 0 aromatic heterocycles. The van der Waals surface area contributed by atoms with Crippen LogP contribution in [0, 0.1) is 10.1 Å². The van der Waals surface area contributed by atoms with Crippen LogP contribution >= 0.6 is 11.8 Å². The molecule has 0 saturated carbocycles. The van der Waals surface area contributed by atoms with E-state index in [2.05, 4.69) is 5.32 Å². The summed E-state index contributed by atoms with van der Waals surface area (Å²) in [6, 6.07) is 10.9. The first-order valence-corrected chi connectivity index (χ1v) is 8.63. The van der Waals surface area contributed by atoms with E-state index in [9.17, 15) is 19.7 Å². The number of carbonyl (C=O) groups excluding carboxylic acids is 2. The molecular formula is C17H17N3O5S. The number of thioether (sulfide) groups is 1. The smallest absolute Gasteiger partial charge is 0.311 e. The molecule has 2 aromatic carbocycles. The lowest BCUT2D eigenvalue weighted by Gasteiger charge is -2.11. The molecule has 0 aliphatic carbocycles. The number of benzene rings is 2. The van der Waals surface area contributed by atoms with Gasteiger partial charge in [0.05, 0.1) is 23.0 Å². The molecule has 0 atom stereocenters. The fourth-order valence-electron chi connectivity index (χ4n) is 2.12. The lowest BCUT2D eigenvalue weighted by molar-refractivity contribution is -0.385. The molecular weight excluding hydrogens is 358 g/mol. The van der Waals surface area contributed by atoms with Gasteiger partial charge in [0.25, 0.3) is 5.91 Å². The number of anilines is 1. The maximum atomic E-state index is 12.5. The van der Waals surface area contributed by atoms with Gasteiger partial charge in [-0.15, -0.1) is 11.8 Å². The van der Waals surface area contributed by atoms with Crippen LogP contribution in [0.25, 0.3) is 0 Å². The van der Waals surface area contributed by atoms with Gasteiger partial charge in [-0.3, -0.25) is 19.7 Å². The second kappa shape index (κ2) is 8.86. The quantitative estimate of drug-likeness (QED) is 0.415. The van der Waals surface area contributed by atoms with Gasteiger partial charge < -0.3 is 15.8 Å². The van der Waals surface area contributed by atoms with E-state index in [0.717, 1.165) is 0 Å². The van der Waals surface area contributed by atoms with Crippen molar-refractivity contribution in [1.82, 2.24) is 0 Å². The summed E-state index contributed by atoms with van der Waals surface area (Å²) in [5.41, 5.74) is 5.47. The standard InChI is InChI=1S/C17H17N3O5S/c1-2-25-14-8-7-11(9-13(14)20(23)24)17(22)19-12-5-3-4-6-15(12)26-10-16(18)21/h3-9H,2,10H2,1H3,(H2,18,21)(H,19,22). The number of nitro groups is 1. The zero-order chi connectivity index (χ0) is 19.1. The normalized spacial score (nSPS) is 10.2. The highest BCUT2D eigenvalue weighted by atomic mass is 32.2. The molecule has 0 aliphatic heterocycles. The molecule has 136 valence electrons. The van der Waals surface area contributed by atoms with Crippen LogP contribution in [0.15, 0.2) is 47.4 Å². The molecule has 0 heterocycles. The molecule has 0 saturated heterocycles. The average Bonchev–Trinajstić information content (AvgIpc) is 2.61. The Kier molecular flexibility index (Phi) is 6.56. The zero-order valence-electron chi connectivity index (χ0n) is 13.9. The number of ether oxygens (including phenoxy) is 1. The van der Waals surface area contributed by atoms with Crippen LogP contribution < -0.4 is 15.8 Å². The van der Waals surface area contributed by atoms with Gasteiger partial charge in [-0.05, 0) is 31.2 Å². The minimum atomic E-state index is -0.599. The van der Waals surface area contributed by atoms with E-state index in [-0.39, 0.29) is 29.4 Å².